The SMILES string of the molecule is COC(=O)Nc1cc(C(=O)NC(CC(=O)O)c2ccc(F)cc2)ccc1N1CCCN(C(=O)N2CCOCC2)CC1. The third kappa shape index (κ3) is 7.84. The Bertz CT molecular complexity index is 1250. The van der Waals surface area contributed by atoms with Crippen molar-refractivity contribution in [3.05, 3.63) is 59.4 Å². The number of nitrogens with one attached hydrogen (secondary N) is 2. The number of rotatable bonds is 7. The predicted octanol–water partition coefficient (Wildman–Crippen LogP) is 2.91. The summed E-state index contributed by atoms with van der Waals surface area (Å²) in [7, 11) is 1.23. The first kappa shape index (κ1) is 29.6. The number of methoxy groups -OCH3 is 1. The summed E-state index contributed by atoms with van der Waals surface area (Å²) < 4.78 is 23.5. The van der Waals surface area contributed by atoms with E-state index in [0.717, 1.165) is 0 Å². The fourth-order valence-corrected chi connectivity index (χ4v) is 4.88. The Morgan fingerprint density at radius 2 is 1.68 bits per heavy atom. The van der Waals surface area contributed by atoms with Crippen molar-refractivity contribution in [3.63, 3.8) is 0 Å². The minimum Gasteiger partial charge on any atom is -0.481 e. The highest BCUT2D eigenvalue weighted by atomic mass is 19.1. The molecule has 4 amide bonds. The summed E-state index contributed by atoms with van der Waals surface area (Å²) in [6.07, 6.45) is -0.432. The highest BCUT2D eigenvalue weighted by molar-refractivity contribution is 5.99. The third-order valence-corrected chi connectivity index (χ3v) is 7.03. The van der Waals surface area contributed by atoms with Crippen LogP contribution in [0.4, 0.5) is 25.4 Å². The molecule has 0 saturated carbocycles. The van der Waals surface area contributed by atoms with Crippen LogP contribution in [0.15, 0.2) is 42.5 Å². The molecule has 2 aliphatic rings. The maximum atomic E-state index is 13.4. The highest BCUT2D eigenvalue weighted by Gasteiger charge is 2.27. The summed E-state index contributed by atoms with van der Waals surface area (Å²) in [6, 6.07) is 9.07. The number of amides is 4. The molecule has 2 fully saturated rings. The zero-order valence-corrected chi connectivity index (χ0v) is 22.8. The van der Waals surface area contributed by atoms with Crippen molar-refractivity contribution in [2.45, 2.75) is 18.9 Å². The average Bonchev–Trinajstić information content (AvgIpc) is 3.23. The van der Waals surface area contributed by atoms with Gasteiger partial charge in [0.1, 0.15) is 5.82 Å². The monoisotopic (exact) mass is 571 g/mol. The summed E-state index contributed by atoms with van der Waals surface area (Å²) >= 11 is 0. The molecular weight excluding hydrogens is 537 g/mol. The number of hydrogen-bond donors (Lipinski definition) is 3. The maximum Gasteiger partial charge on any atom is 0.411 e. The van der Waals surface area contributed by atoms with Gasteiger partial charge in [0.15, 0.2) is 0 Å². The Balaban J connectivity index is 1.52. The van der Waals surface area contributed by atoms with Crippen LogP contribution in [0.25, 0.3) is 0 Å². The molecule has 2 saturated heterocycles. The average molecular weight is 572 g/mol. The van der Waals surface area contributed by atoms with E-state index in [9.17, 15) is 28.7 Å². The molecule has 41 heavy (non-hydrogen) atoms. The van der Waals surface area contributed by atoms with Crippen LogP contribution in [0.2, 0.25) is 0 Å². The van der Waals surface area contributed by atoms with Crippen molar-refractivity contribution in [3.8, 4) is 0 Å². The lowest BCUT2D eigenvalue weighted by Gasteiger charge is -2.32. The number of anilines is 2. The first-order valence-electron chi connectivity index (χ1n) is 13.4. The Kier molecular flexibility index (Phi) is 9.95. The van der Waals surface area contributed by atoms with Gasteiger partial charge in [0.2, 0.25) is 0 Å². The van der Waals surface area contributed by atoms with Gasteiger partial charge < -0.3 is 34.6 Å². The largest absolute Gasteiger partial charge is 0.481 e. The molecule has 0 aliphatic carbocycles. The van der Waals surface area contributed by atoms with E-state index in [1.54, 1.807) is 17.0 Å². The van der Waals surface area contributed by atoms with Gasteiger partial charge in [0.05, 0.1) is 44.2 Å². The van der Waals surface area contributed by atoms with Gasteiger partial charge in [0.25, 0.3) is 5.91 Å². The van der Waals surface area contributed by atoms with Crippen LogP contribution < -0.4 is 15.5 Å². The van der Waals surface area contributed by atoms with Gasteiger partial charge in [-0.25, -0.2) is 14.0 Å². The Labute approximate surface area is 237 Å². The number of carbonyl (C=O) groups is 4. The second-order valence-electron chi connectivity index (χ2n) is 9.73. The van der Waals surface area contributed by atoms with Gasteiger partial charge in [-0.05, 0) is 42.3 Å². The van der Waals surface area contributed by atoms with E-state index in [1.807, 2.05) is 9.80 Å². The number of carbonyl (C=O) groups excluding carboxylic acids is 3. The molecule has 0 bridgehead atoms. The minimum atomic E-state index is -1.13. The minimum absolute atomic E-state index is 0.0212. The van der Waals surface area contributed by atoms with Crippen LogP contribution >= 0.6 is 0 Å². The van der Waals surface area contributed by atoms with Gasteiger partial charge in [-0.1, -0.05) is 12.1 Å². The predicted molar refractivity (Wildman–Crippen MR) is 148 cm³/mol. The molecule has 12 nitrogen and oxygen atoms in total. The van der Waals surface area contributed by atoms with Crippen LogP contribution in [-0.4, -0.2) is 98.5 Å². The molecule has 13 heteroatoms. The van der Waals surface area contributed by atoms with Crippen molar-refractivity contribution in [2.24, 2.45) is 0 Å². The van der Waals surface area contributed by atoms with Crippen molar-refractivity contribution >= 4 is 35.4 Å². The van der Waals surface area contributed by atoms with E-state index < -0.39 is 36.2 Å². The number of morpholine rings is 1. The molecular formula is C28H34FN5O7. The van der Waals surface area contributed by atoms with E-state index in [1.165, 1.54) is 37.4 Å². The molecule has 220 valence electrons. The van der Waals surface area contributed by atoms with Crippen molar-refractivity contribution < 1.29 is 38.1 Å². The molecule has 2 heterocycles. The fourth-order valence-electron chi connectivity index (χ4n) is 4.88. The van der Waals surface area contributed by atoms with E-state index >= 15 is 0 Å². The van der Waals surface area contributed by atoms with Crippen LogP contribution in [0.1, 0.15) is 34.8 Å². The number of carboxylic acid groups (broad SMARTS) is 1. The quantitative estimate of drug-likeness (QED) is 0.461. The number of benzene rings is 2. The van der Waals surface area contributed by atoms with Gasteiger partial charge in [-0.15, -0.1) is 0 Å². The second kappa shape index (κ2) is 13.8. The Morgan fingerprint density at radius 1 is 0.976 bits per heavy atom. The molecule has 1 unspecified atom stereocenters. The molecule has 3 N–H and O–H groups in total. The number of urea groups is 1. The van der Waals surface area contributed by atoms with E-state index in [2.05, 4.69) is 10.6 Å². The molecule has 2 aromatic carbocycles. The van der Waals surface area contributed by atoms with Crippen LogP contribution in [0.5, 0.6) is 0 Å². The molecule has 2 aliphatic heterocycles. The smallest absolute Gasteiger partial charge is 0.411 e. The van der Waals surface area contributed by atoms with Crippen LogP contribution in [-0.2, 0) is 14.3 Å². The number of halogens is 1. The second-order valence-corrected chi connectivity index (χ2v) is 9.73. The number of carboxylic acids is 1. The van der Waals surface area contributed by atoms with Crippen LogP contribution in [0, 0.1) is 5.82 Å². The zero-order valence-electron chi connectivity index (χ0n) is 22.8. The summed E-state index contributed by atoms with van der Waals surface area (Å²) in [5.41, 5.74) is 1.59. The molecule has 4 rings (SSSR count). The Hall–Kier alpha value is -4.39. The number of aliphatic carboxylic acids is 1. The Morgan fingerprint density at radius 3 is 2.37 bits per heavy atom. The van der Waals surface area contributed by atoms with Crippen LogP contribution in [0.3, 0.4) is 0 Å². The van der Waals surface area contributed by atoms with Gasteiger partial charge in [-0.3, -0.25) is 14.9 Å². The van der Waals surface area contributed by atoms with Crippen molar-refractivity contribution in [2.75, 3.05) is 69.8 Å². The molecule has 0 radical (unpaired) electrons. The summed E-state index contributed by atoms with van der Waals surface area (Å²) in [6.45, 7) is 4.34. The normalized spacial score (nSPS) is 16.4. The van der Waals surface area contributed by atoms with Gasteiger partial charge in [-0.2, -0.15) is 0 Å². The summed E-state index contributed by atoms with van der Waals surface area (Å²) in [5, 5.41) is 14.7. The molecule has 2 aromatic rings. The molecule has 1 atom stereocenters. The third-order valence-electron chi connectivity index (χ3n) is 7.03. The first-order valence-corrected chi connectivity index (χ1v) is 13.4. The van der Waals surface area contributed by atoms with Crippen molar-refractivity contribution in [1.82, 2.24) is 15.1 Å². The maximum absolute atomic E-state index is 13.4. The highest BCUT2D eigenvalue weighted by Crippen LogP contribution is 2.29. The lowest BCUT2D eigenvalue weighted by molar-refractivity contribution is -0.137. The standard InChI is InChI=1S/C28H34FN5O7/c1-40-27(38)31-23-17-20(26(37)30-22(18-25(35)36)19-3-6-21(29)7-4-19)5-8-24(23)32-9-2-10-33(12-11-32)28(39)34-13-15-41-16-14-34/h3-8,17,22H,2,9-16,18H2,1H3,(H,30,37)(H,31,38)(H,35,36). The summed E-state index contributed by atoms with van der Waals surface area (Å²) in [5.74, 6) is -2.19. The number of hydrogen-bond acceptors (Lipinski definition) is 7. The fraction of sp³-hybridized carbons (Fsp3) is 0.429. The van der Waals surface area contributed by atoms with E-state index in [-0.39, 0.29) is 11.6 Å². The topological polar surface area (TPSA) is 141 Å². The van der Waals surface area contributed by atoms with E-state index in [0.29, 0.717) is 75.8 Å². The summed E-state index contributed by atoms with van der Waals surface area (Å²) in [4.78, 5) is 55.5. The van der Waals surface area contributed by atoms with Gasteiger partial charge in [0, 0.05) is 44.8 Å². The van der Waals surface area contributed by atoms with E-state index in [4.69, 9.17) is 9.47 Å². The first-order chi connectivity index (χ1) is 19.7. The van der Waals surface area contributed by atoms with Crippen molar-refractivity contribution in [1.29, 1.82) is 0 Å². The molecule has 0 spiro atoms. The number of ether oxygens (including phenoxy) is 2. The lowest BCUT2D eigenvalue weighted by Crippen LogP contribution is -2.49. The number of nitrogens with zero attached hydrogens (tertiary/aromatic N) is 3. The molecule has 0 aromatic heterocycles. The lowest BCUT2D eigenvalue weighted by atomic mass is 10.0. The zero-order chi connectivity index (χ0) is 29.4. The van der Waals surface area contributed by atoms with Gasteiger partial charge >= 0.3 is 18.1 Å².